The summed E-state index contributed by atoms with van der Waals surface area (Å²) < 4.78 is 18.9. The number of hydrogen-bond acceptors (Lipinski definition) is 6. The Bertz CT molecular complexity index is 1220. The Kier molecular flexibility index (Phi) is 5.43. The second kappa shape index (κ2) is 8.32. The Balaban J connectivity index is 1.44. The molecule has 4 heterocycles. The molecule has 4 aromatic heterocycles. The predicted octanol–water partition coefficient (Wildman–Crippen LogP) is 4.77. The fraction of sp³-hybridized carbons (Fsp3) is 0.174. The number of aryl methyl sites for hydroxylation is 3. The number of carbonyl (C=O) groups excluding carboxylic acids is 1. The van der Waals surface area contributed by atoms with E-state index in [4.69, 9.17) is 4.52 Å². The van der Waals surface area contributed by atoms with Gasteiger partial charge in [0.2, 0.25) is 0 Å². The van der Waals surface area contributed by atoms with Crippen LogP contribution in [0, 0.1) is 19.7 Å². The molecular weight excluding hydrogens is 383 g/mol. The van der Waals surface area contributed by atoms with Gasteiger partial charge in [0.05, 0.1) is 5.69 Å². The van der Waals surface area contributed by atoms with Crippen LogP contribution in [0.3, 0.4) is 0 Å². The molecule has 0 saturated carbocycles. The molecule has 0 aliphatic rings. The van der Waals surface area contributed by atoms with Crippen molar-refractivity contribution < 1.29 is 13.7 Å². The zero-order valence-corrected chi connectivity index (χ0v) is 16.6. The fourth-order valence-corrected chi connectivity index (χ4v) is 3.24. The van der Waals surface area contributed by atoms with E-state index >= 15 is 0 Å². The van der Waals surface area contributed by atoms with Gasteiger partial charge < -0.3 is 4.52 Å². The molecule has 4 aromatic rings. The molecule has 6 nitrogen and oxygen atoms in total. The van der Waals surface area contributed by atoms with Gasteiger partial charge in [0.25, 0.3) is 0 Å². The average molecular weight is 402 g/mol. The van der Waals surface area contributed by atoms with Crippen LogP contribution < -0.4 is 0 Å². The van der Waals surface area contributed by atoms with Crippen molar-refractivity contribution in [3.05, 3.63) is 83.3 Å². The molecule has 30 heavy (non-hydrogen) atoms. The molecule has 150 valence electrons. The molecular formula is C23H19FN4O2. The smallest absolute Gasteiger partial charge is 0.188 e. The second-order valence-electron chi connectivity index (χ2n) is 7.03. The molecule has 7 heteroatoms. The summed E-state index contributed by atoms with van der Waals surface area (Å²) in [6.07, 6.45) is 5.76. The lowest BCUT2D eigenvalue weighted by Crippen LogP contribution is -2.02. The quantitative estimate of drug-likeness (QED) is 0.432. The van der Waals surface area contributed by atoms with E-state index in [1.54, 1.807) is 12.4 Å². The summed E-state index contributed by atoms with van der Waals surface area (Å²) in [4.78, 5) is 25.2. The molecule has 0 saturated heterocycles. The van der Waals surface area contributed by atoms with Crippen LogP contribution in [0.5, 0.6) is 0 Å². The first kappa shape index (κ1) is 19.6. The molecule has 0 bridgehead atoms. The molecule has 0 N–H and O–H groups in total. The van der Waals surface area contributed by atoms with Gasteiger partial charge in [-0.2, -0.15) is 0 Å². The van der Waals surface area contributed by atoms with Crippen molar-refractivity contribution in [1.82, 2.24) is 20.1 Å². The first-order valence-electron chi connectivity index (χ1n) is 9.50. The van der Waals surface area contributed by atoms with Gasteiger partial charge in [0, 0.05) is 42.3 Å². The van der Waals surface area contributed by atoms with Crippen molar-refractivity contribution >= 4 is 5.78 Å². The molecule has 0 aliphatic carbocycles. The van der Waals surface area contributed by atoms with Crippen LogP contribution in [-0.2, 0) is 6.42 Å². The fourth-order valence-electron chi connectivity index (χ4n) is 3.24. The van der Waals surface area contributed by atoms with Crippen LogP contribution in [0.4, 0.5) is 4.39 Å². The van der Waals surface area contributed by atoms with E-state index in [1.807, 2.05) is 32.0 Å². The standard InChI is InChI=1S/C23H19FN4O2/c1-14-10-16(13-27-22(14)17-7-9-25-15(2)11-17)5-6-20(29)19-12-21(30-28-19)23-18(24)4-3-8-26-23/h3-4,7-13H,5-6H2,1-2H3. The van der Waals surface area contributed by atoms with Crippen LogP contribution in [0.2, 0.25) is 0 Å². The SMILES string of the molecule is Cc1cc(-c2ncc(CCC(=O)c3cc(-c4ncccc4F)on3)cc2C)ccn1. The van der Waals surface area contributed by atoms with Gasteiger partial charge in [-0.3, -0.25) is 14.8 Å². The molecule has 0 aromatic carbocycles. The van der Waals surface area contributed by atoms with Crippen molar-refractivity contribution in [3.8, 4) is 22.7 Å². The Morgan fingerprint density at radius 2 is 1.90 bits per heavy atom. The summed E-state index contributed by atoms with van der Waals surface area (Å²) >= 11 is 0. The van der Waals surface area contributed by atoms with Gasteiger partial charge in [-0.05, 0) is 55.7 Å². The van der Waals surface area contributed by atoms with Crippen molar-refractivity contribution in [3.63, 3.8) is 0 Å². The summed E-state index contributed by atoms with van der Waals surface area (Å²) in [6.45, 7) is 3.94. The third-order valence-corrected chi connectivity index (χ3v) is 4.73. The van der Waals surface area contributed by atoms with E-state index in [1.165, 1.54) is 24.4 Å². The molecule has 4 rings (SSSR count). The number of rotatable bonds is 6. The topological polar surface area (TPSA) is 81.8 Å². The van der Waals surface area contributed by atoms with Crippen molar-refractivity contribution in [2.45, 2.75) is 26.7 Å². The number of aromatic nitrogens is 4. The monoisotopic (exact) mass is 402 g/mol. The number of halogens is 1. The third kappa shape index (κ3) is 4.15. The molecule has 0 unspecified atom stereocenters. The molecule has 0 aliphatic heterocycles. The highest BCUT2D eigenvalue weighted by molar-refractivity contribution is 5.95. The minimum atomic E-state index is -0.529. The van der Waals surface area contributed by atoms with E-state index in [9.17, 15) is 9.18 Å². The minimum Gasteiger partial charge on any atom is -0.354 e. The highest BCUT2D eigenvalue weighted by atomic mass is 19.1. The lowest BCUT2D eigenvalue weighted by molar-refractivity contribution is 0.0974. The number of hydrogen-bond donors (Lipinski definition) is 0. The van der Waals surface area contributed by atoms with E-state index in [2.05, 4.69) is 20.1 Å². The van der Waals surface area contributed by atoms with E-state index in [0.29, 0.717) is 6.42 Å². The normalized spacial score (nSPS) is 10.9. The van der Waals surface area contributed by atoms with Crippen LogP contribution >= 0.6 is 0 Å². The maximum absolute atomic E-state index is 13.8. The lowest BCUT2D eigenvalue weighted by Gasteiger charge is -2.08. The summed E-state index contributed by atoms with van der Waals surface area (Å²) in [7, 11) is 0. The Hall–Kier alpha value is -3.74. The summed E-state index contributed by atoms with van der Waals surface area (Å²) in [6, 6.07) is 10.1. The molecule has 0 atom stereocenters. The molecule has 0 amide bonds. The minimum absolute atomic E-state index is 0.0332. The van der Waals surface area contributed by atoms with Crippen molar-refractivity contribution in [2.24, 2.45) is 0 Å². The number of pyridine rings is 3. The highest BCUT2D eigenvalue weighted by Crippen LogP contribution is 2.24. The molecule has 0 fully saturated rings. The summed E-state index contributed by atoms with van der Waals surface area (Å²) in [5, 5.41) is 3.77. The lowest BCUT2D eigenvalue weighted by atomic mass is 10.0. The van der Waals surface area contributed by atoms with Crippen LogP contribution in [0.15, 0.2) is 59.5 Å². The second-order valence-corrected chi connectivity index (χ2v) is 7.03. The zero-order chi connectivity index (χ0) is 21.1. The van der Waals surface area contributed by atoms with Crippen LogP contribution in [0.1, 0.15) is 33.7 Å². The van der Waals surface area contributed by atoms with Crippen LogP contribution in [0.25, 0.3) is 22.7 Å². The zero-order valence-electron chi connectivity index (χ0n) is 16.6. The Morgan fingerprint density at radius 1 is 1.03 bits per heavy atom. The summed E-state index contributed by atoms with van der Waals surface area (Å²) in [5.41, 5.74) is 5.01. The van der Waals surface area contributed by atoms with Gasteiger partial charge in [-0.25, -0.2) is 9.37 Å². The van der Waals surface area contributed by atoms with Gasteiger partial charge in [0.15, 0.2) is 17.4 Å². The van der Waals surface area contributed by atoms with E-state index in [0.717, 1.165) is 28.1 Å². The van der Waals surface area contributed by atoms with Gasteiger partial charge in [0.1, 0.15) is 11.4 Å². The number of carbonyl (C=O) groups is 1. The Morgan fingerprint density at radius 3 is 2.67 bits per heavy atom. The van der Waals surface area contributed by atoms with Gasteiger partial charge in [-0.1, -0.05) is 11.2 Å². The van der Waals surface area contributed by atoms with Crippen molar-refractivity contribution in [2.75, 3.05) is 0 Å². The first-order chi connectivity index (χ1) is 14.5. The predicted molar refractivity (Wildman–Crippen MR) is 109 cm³/mol. The highest BCUT2D eigenvalue weighted by Gasteiger charge is 2.17. The maximum Gasteiger partial charge on any atom is 0.188 e. The van der Waals surface area contributed by atoms with Crippen LogP contribution in [-0.4, -0.2) is 25.9 Å². The Labute approximate surface area is 172 Å². The van der Waals surface area contributed by atoms with Gasteiger partial charge in [-0.15, -0.1) is 0 Å². The largest absolute Gasteiger partial charge is 0.354 e. The number of nitrogens with zero attached hydrogens (tertiary/aromatic N) is 4. The maximum atomic E-state index is 13.8. The summed E-state index contributed by atoms with van der Waals surface area (Å²) in [5.74, 6) is -0.586. The number of ketones is 1. The average Bonchev–Trinajstić information content (AvgIpc) is 3.22. The first-order valence-corrected chi connectivity index (χ1v) is 9.50. The molecule has 0 radical (unpaired) electrons. The van der Waals surface area contributed by atoms with Crippen molar-refractivity contribution in [1.29, 1.82) is 0 Å². The van der Waals surface area contributed by atoms with Gasteiger partial charge >= 0.3 is 0 Å². The number of Topliss-reactive ketones (excluding diaryl/α,β-unsaturated/α-hetero) is 1. The van der Waals surface area contributed by atoms with E-state index in [-0.39, 0.29) is 29.4 Å². The molecule has 0 spiro atoms. The van der Waals surface area contributed by atoms with E-state index < -0.39 is 5.82 Å². The third-order valence-electron chi connectivity index (χ3n) is 4.73.